The number of para-hydroxylation sites is 1. The van der Waals surface area contributed by atoms with Crippen LogP contribution in [0.4, 0.5) is 17.1 Å². The van der Waals surface area contributed by atoms with Gasteiger partial charge in [0.25, 0.3) is 0 Å². The van der Waals surface area contributed by atoms with Crippen molar-refractivity contribution in [3.8, 4) is 33.4 Å². The number of nitrogens with zero attached hydrogens (tertiary/aromatic N) is 1. The third-order valence-corrected chi connectivity index (χ3v) is 10.7. The monoisotopic (exact) mass is 691 g/mol. The van der Waals surface area contributed by atoms with Gasteiger partial charge < -0.3 is 9.32 Å². The molecule has 0 amide bonds. The lowest BCUT2D eigenvalue weighted by Gasteiger charge is -2.28. The quantitative estimate of drug-likeness (QED) is 0.165. The van der Waals surface area contributed by atoms with Crippen LogP contribution in [0, 0.1) is 0 Å². The second kappa shape index (κ2) is 13.6. The van der Waals surface area contributed by atoms with E-state index >= 15 is 0 Å². The van der Waals surface area contributed by atoms with Crippen molar-refractivity contribution in [3.05, 3.63) is 206 Å². The van der Waals surface area contributed by atoms with Gasteiger partial charge >= 0.3 is 0 Å². The molecule has 54 heavy (non-hydrogen) atoms. The summed E-state index contributed by atoms with van der Waals surface area (Å²) >= 11 is 0. The highest BCUT2D eigenvalue weighted by Crippen LogP contribution is 2.46. The molecule has 0 bridgehead atoms. The van der Waals surface area contributed by atoms with Crippen molar-refractivity contribution in [2.75, 3.05) is 4.90 Å². The van der Waals surface area contributed by atoms with E-state index in [0.29, 0.717) is 0 Å². The Labute approximate surface area is 315 Å². The summed E-state index contributed by atoms with van der Waals surface area (Å²) in [7, 11) is 0. The Hall–Kier alpha value is -6.90. The molecule has 0 aliphatic heterocycles. The normalized spacial score (nSPS) is 12.7. The fourth-order valence-corrected chi connectivity index (χ4v) is 8.06. The number of allylic oxidation sites excluding steroid dienone is 4. The van der Waals surface area contributed by atoms with Gasteiger partial charge in [0, 0.05) is 27.7 Å². The first-order valence-corrected chi connectivity index (χ1v) is 18.7. The van der Waals surface area contributed by atoms with Crippen LogP contribution in [0.5, 0.6) is 0 Å². The van der Waals surface area contributed by atoms with Crippen LogP contribution < -0.4 is 4.90 Å². The number of fused-ring (bicyclic) bond motifs is 4. The SMILES string of the molecule is C1=CCCC(c2cccc(-c3ccc(N(c4cccc(-c5ccccc5)c4)c4ccccc4-c4cccc5oc6cc7ccccc7cc6c45)cc3)c2)=C1. The first-order chi connectivity index (χ1) is 26.8. The Kier molecular flexibility index (Phi) is 8.00. The third-order valence-electron chi connectivity index (χ3n) is 10.7. The summed E-state index contributed by atoms with van der Waals surface area (Å²) in [6.07, 6.45) is 8.84. The molecule has 8 aromatic carbocycles. The Bertz CT molecular complexity index is 2870. The molecule has 0 atom stereocenters. The van der Waals surface area contributed by atoms with Gasteiger partial charge in [-0.15, -0.1) is 0 Å². The molecule has 1 aromatic heterocycles. The number of anilines is 3. The van der Waals surface area contributed by atoms with Crippen molar-refractivity contribution in [2.45, 2.75) is 12.8 Å². The van der Waals surface area contributed by atoms with Gasteiger partial charge in [0.2, 0.25) is 0 Å². The number of hydrogen-bond acceptors (Lipinski definition) is 2. The van der Waals surface area contributed by atoms with E-state index in [0.717, 1.165) is 63.0 Å². The zero-order chi connectivity index (χ0) is 35.8. The van der Waals surface area contributed by atoms with Crippen LogP contribution >= 0.6 is 0 Å². The van der Waals surface area contributed by atoms with Gasteiger partial charge in [-0.25, -0.2) is 0 Å². The maximum absolute atomic E-state index is 6.54. The highest BCUT2D eigenvalue weighted by molar-refractivity contribution is 6.16. The van der Waals surface area contributed by atoms with Crippen LogP contribution in [-0.4, -0.2) is 0 Å². The molecule has 0 saturated carbocycles. The molecule has 0 spiro atoms. The van der Waals surface area contributed by atoms with Crippen LogP contribution in [0.15, 0.2) is 205 Å². The van der Waals surface area contributed by atoms with Crippen molar-refractivity contribution in [2.24, 2.45) is 0 Å². The van der Waals surface area contributed by atoms with Gasteiger partial charge in [-0.1, -0.05) is 146 Å². The molecule has 1 aliphatic carbocycles. The highest BCUT2D eigenvalue weighted by atomic mass is 16.3. The lowest BCUT2D eigenvalue weighted by molar-refractivity contribution is 0.669. The molecular weight excluding hydrogens is 655 g/mol. The maximum Gasteiger partial charge on any atom is 0.136 e. The van der Waals surface area contributed by atoms with E-state index in [1.807, 2.05) is 0 Å². The first kappa shape index (κ1) is 31.8. The van der Waals surface area contributed by atoms with Crippen LogP contribution in [0.1, 0.15) is 18.4 Å². The summed E-state index contributed by atoms with van der Waals surface area (Å²) in [5, 5.41) is 4.63. The lowest BCUT2D eigenvalue weighted by Crippen LogP contribution is -2.11. The minimum absolute atomic E-state index is 0.886. The third kappa shape index (κ3) is 5.79. The van der Waals surface area contributed by atoms with Crippen molar-refractivity contribution in [1.29, 1.82) is 0 Å². The summed E-state index contributed by atoms with van der Waals surface area (Å²) in [4.78, 5) is 2.40. The molecular formula is C52H37NO. The number of rotatable bonds is 7. The second-order valence-electron chi connectivity index (χ2n) is 14.0. The standard InChI is InChI=1S/C52H37NO/c1-3-14-36(15-4-1)39-20-11-21-40(32-39)38-28-30-44(31-29-38)53(45-23-12-22-41(33-45)37-16-5-2-6-17-37)49-26-10-9-24-46(49)47-25-13-27-50-52(47)48-34-42-18-7-8-19-43(42)35-51(48)54-50/h1-3,5-14,16-35H,4,15H2. The Balaban J connectivity index is 1.14. The van der Waals surface area contributed by atoms with Crippen molar-refractivity contribution < 1.29 is 4.42 Å². The Morgan fingerprint density at radius 2 is 1.11 bits per heavy atom. The number of benzene rings is 8. The summed E-state index contributed by atoms with van der Waals surface area (Å²) in [6, 6.07) is 65.6. The van der Waals surface area contributed by atoms with Gasteiger partial charge in [0.1, 0.15) is 11.2 Å². The molecule has 1 aliphatic rings. The van der Waals surface area contributed by atoms with Gasteiger partial charge in [-0.05, 0) is 117 Å². The largest absolute Gasteiger partial charge is 0.456 e. The lowest BCUT2D eigenvalue weighted by atomic mass is 9.94. The molecule has 0 saturated heterocycles. The van der Waals surface area contributed by atoms with Gasteiger partial charge in [-0.2, -0.15) is 0 Å². The zero-order valence-electron chi connectivity index (χ0n) is 29.8. The van der Waals surface area contributed by atoms with E-state index in [2.05, 4.69) is 205 Å². The minimum atomic E-state index is 0.886. The fourth-order valence-electron chi connectivity index (χ4n) is 8.06. The maximum atomic E-state index is 6.54. The van der Waals surface area contributed by atoms with Crippen molar-refractivity contribution >= 4 is 55.3 Å². The average molecular weight is 692 g/mol. The van der Waals surface area contributed by atoms with Crippen LogP contribution in [0.25, 0.3) is 71.7 Å². The van der Waals surface area contributed by atoms with E-state index in [-0.39, 0.29) is 0 Å². The van der Waals surface area contributed by atoms with E-state index in [4.69, 9.17) is 4.42 Å². The molecule has 9 aromatic rings. The zero-order valence-corrected chi connectivity index (χ0v) is 29.8. The second-order valence-corrected chi connectivity index (χ2v) is 14.0. The summed E-state index contributed by atoms with van der Waals surface area (Å²) < 4.78 is 6.54. The molecule has 10 rings (SSSR count). The summed E-state index contributed by atoms with van der Waals surface area (Å²) in [6.45, 7) is 0. The highest BCUT2D eigenvalue weighted by Gasteiger charge is 2.21. The van der Waals surface area contributed by atoms with Crippen LogP contribution in [0.3, 0.4) is 0 Å². The topological polar surface area (TPSA) is 16.4 Å². The van der Waals surface area contributed by atoms with E-state index in [1.54, 1.807) is 0 Å². The summed E-state index contributed by atoms with van der Waals surface area (Å²) in [5.41, 5.74) is 14.8. The number of furan rings is 1. The Morgan fingerprint density at radius 3 is 1.94 bits per heavy atom. The summed E-state index contributed by atoms with van der Waals surface area (Å²) in [5.74, 6) is 0. The molecule has 0 N–H and O–H groups in total. The molecule has 0 unspecified atom stereocenters. The molecule has 0 radical (unpaired) electrons. The Morgan fingerprint density at radius 1 is 0.444 bits per heavy atom. The van der Waals surface area contributed by atoms with Crippen molar-refractivity contribution in [1.82, 2.24) is 0 Å². The predicted molar refractivity (Wildman–Crippen MR) is 229 cm³/mol. The molecule has 2 nitrogen and oxygen atoms in total. The predicted octanol–water partition coefficient (Wildman–Crippen LogP) is 14.9. The van der Waals surface area contributed by atoms with Gasteiger partial charge in [0.05, 0.1) is 5.69 Å². The van der Waals surface area contributed by atoms with Gasteiger partial charge in [-0.3, -0.25) is 0 Å². The smallest absolute Gasteiger partial charge is 0.136 e. The van der Waals surface area contributed by atoms with Crippen LogP contribution in [-0.2, 0) is 0 Å². The minimum Gasteiger partial charge on any atom is -0.456 e. The van der Waals surface area contributed by atoms with Crippen molar-refractivity contribution in [3.63, 3.8) is 0 Å². The first-order valence-electron chi connectivity index (χ1n) is 18.7. The average Bonchev–Trinajstić information content (AvgIpc) is 3.62. The van der Waals surface area contributed by atoms with Crippen LogP contribution in [0.2, 0.25) is 0 Å². The molecule has 2 heteroatoms. The molecule has 0 fully saturated rings. The van der Waals surface area contributed by atoms with Gasteiger partial charge in [0.15, 0.2) is 0 Å². The van der Waals surface area contributed by atoms with E-state index in [1.165, 1.54) is 44.2 Å². The number of hydrogen-bond donors (Lipinski definition) is 0. The fraction of sp³-hybridized carbons (Fsp3) is 0.0385. The molecule has 256 valence electrons. The van der Waals surface area contributed by atoms with E-state index in [9.17, 15) is 0 Å². The van der Waals surface area contributed by atoms with E-state index < -0.39 is 0 Å². The molecule has 1 heterocycles.